The molecule has 2 saturated heterocycles. The van der Waals surface area contributed by atoms with Crippen LogP contribution in [0, 0.1) is 19.8 Å². The molecule has 4 aliphatic heterocycles. The molecule has 3 aromatic carbocycles. The van der Waals surface area contributed by atoms with Crippen molar-refractivity contribution < 1.29 is 19.1 Å². The van der Waals surface area contributed by atoms with Gasteiger partial charge in [-0.15, -0.1) is 0 Å². The van der Waals surface area contributed by atoms with Crippen molar-refractivity contribution in [1.29, 1.82) is 0 Å². The van der Waals surface area contributed by atoms with Gasteiger partial charge in [0.1, 0.15) is 16.7 Å². The van der Waals surface area contributed by atoms with Gasteiger partial charge in [0.25, 0.3) is 5.91 Å². The molecule has 0 aromatic heterocycles. The Bertz CT molecular complexity index is 1600. The molecular formula is C33H33N3O4. The fourth-order valence-corrected chi connectivity index (χ4v) is 8.05. The van der Waals surface area contributed by atoms with E-state index >= 15 is 0 Å². The molecular weight excluding hydrogens is 502 g/mol. The summed E-state index contributed by atoms with van der Waals surface area (Å²) in [5.74, 6) is -0.713. The van der Waals surface area contributed by atoms with E-state index in [0.717, 1.165) is 35.2 Å². The van der Waals surface area contributed by atoms with E-state index < -0.39 is 16.9 Å². The van der Waals surface area contributed by atoms with Crippen LogP contribution in [0.15, 0.2) is 60.7 Å². The second-order valence-electron chi connectivity index (χ2n) is 11.8. The maximum atomic E-state index is 14.7. The molecule has 40 heavy (non-hydrogen) atoms. The first kappa shape index (κ1) is 25.0. The van der Waals surface area contributed by atoms with Crippen molar-refractivity contribution >= 4 is 29.0 Å². The van der Waals surface area contributed by atoms with Gasteiger partial charge in [0.2, 0.25) is 5.91 Å². The third-order valence-corrected chi connectivity index (χ3v) is 9.60. The number of hydrogen-bond donors (Lipinski definition) is 2. The van der Waals surface area contributed by atoms with Crippen molar-refractivity contribution in [2.75, 3.05) is 17.2 Å². The summed E-state index contributed by atoms with van der Waals surface area (Å²) in [6.45, 7) is 8.57. The third kappa shape index (κ3) is 2.91. The Balaban J connectivity index is 1.51. The molecule has 4 atom stereocenters. The summed E-state index contributed by atoms with van der Waals surface area (Å²) in [6, 6.07) is 18.5. The number of ketones is 1. The number of anilines is 2. The SMILES string of the molecule is Cc1ccc2c(c1C)NC(=O)[C@@]21N2CCC[C@@H]2[C@@H](C(=O)c2ccc(OC(C)C)cc2)[C@@]12C(=O)Nc1ccccc12. The van der Waals surface area contributed by atoms with Gasteiger partial charge < -0.3 is 15.4 Å². The molecule has 0 unspecified atom stereocenters. The van der Waals surface area contributed by atoms with E-state index in [1.54, 1.807) is 12.1 Å². The fraction of sp³-hybridized carbons (Fsp3) is 0.364. The first-order valence-corrected chi connectivity index (χ1v) is 14.1. The number of carbonyl (C=O) groups is 3. The predicted molar refractivity (Wildman–Crippen MR) is 153 cm³/mol. The predicted octanol–water partition coefficient (Wildman–Crippen LogP) is 5.11. The minimum atomic E-state index is -1.43. The summed E-state index contributed by atoms with van der Waals surface area (Å²) in [4.78, 5) is 46.1. The van der Waals surface area contributed by atoms with Gasteiger partial charge in [0.15, 0.2) is 5.78 Å². The van der Waals surface area contributed by atoms with Crippen molar-refractivity contribution in [3.63, 3.8) is 0 Å². The Labute approximate surface area is 233 Å². The minimum absolute atomic E-state index is 0.0123. The van der Waals surface area contributed by atoms with Gasteiger partial charge >= 0.3 is 0 Å². The number of ether oxygens (including phenoxy) is 1. The summed E-state index contributed by atoms with van der Waals surface area (Å²) < 4.78 is 5.81. The van der Waals surface area contributed by atoms with E-state index in [4.69, 9.17) is 4.74 Å². The van der Waals surface area contributed by atoms with Gasteiger partial charge in [0, 0.05) is 28.5 Å². The summed E-state index contributed by atoms with van der Waals surface area (Å²) in [5, 5.41) is 6.29. The Hall–Kier alpha value is -3.97. The molecule has 7 nitrogen and oxygen atoms in total. The van der Waals surface area contributed by atoms with Gasteiger partial charge in [-0.3, -0.25) is 19.3 Å². The van der Waals surface area contributed by atoms with E-state index in [2.05, 4.69) is 15.5 Å². The quantitative estimate of drug-likeness (QED) is 0.454. The molecule has 2 amide bonds. The molecule has 2 fully saturated rings. The van der Waals surface area contributed by atoms with Crippen LogP contribution in [0.3, 0.4) is 0 Å². The number of benzene rings is 3. The number of hydrogen-bond acceptors (Lipinski definition) is 5. The number of fused-ring (bicyclic) bond motifs is 7. The van der Waals surface area contributed by atoms with Crippen LogP contribution in [-0.2, 0) is 20.5 Å². The lowest BCUT2D eigenvalue weighted by Gasteiger charge is -2.43. The highest BCUT2D eigenvalue weighted by molar-refractivity contribution is 6.21. The second kappa shape index (κ2) is 8.51. The van der Waals surface area contributed by atoms with Crippen molar-refractivity contribution in [2.45, 2.75) is 63.6 Å². The van der Waals surface area contributed by atoms with E-state index in [0.29, 0.717) is 29.1 Å². The summed E-state index contributed by atoms with van der Waals surface area (Å²) in [5.41, 5.74) is 2.70. The van der Waals surface area contributed by atoms with Gasteiger partial charge in [-0.2, -0.15) is 0 Å². The van der Waals surface area contributed by atoms with Crippen LogP contribution >= 0.6 is 0 Å². The standard InChI is InChI=1S/C33H33N3O4/c1-18(2)40-22-14-12-21(13-15-22)29(37)27-26-10-7-17-36(26)33(24-16-11-19(3)20(4)28(24)35-31(33)39)32(27)23-8-5-6-9-25(23)34-30(32)38/h5-6,8-9,11-16,18,26-27H,7,10,17H2,1-4H3,(H,34,38)(H,35,39)/t26-,27+,32+,33+/m1/s1. The van der Waals surface area contributed by atoms with Crippen LogP contribution in [0.2, 0.25) is 0 Å². The van der Waals surface area contributed by atoms with Crippen LogP contribution in [0.4, 0.5) is 11.4 Å². The highest BCUT2D eigenvalue weighted by Crippen LogP contribution is 2.68. The van der Waals surface area contributed by atoms with Gasteiger partial charge in [-0.25, -0.2) is 0 Å². The number of para-hydroxylation sites is 1. The molecule has 2 spiro atoms. The average Bonchev–Trinajstić information content (AvgIpc) is 3.65. The first-order chi connectivity index (χ1) is 19.2. The molecule has 0 aliphatic carbocycles. The molecule has 3 aromatic rings. The molecule has 0 saturated carbocycles. The summed E-state index contributed by atoms with van der Waals surface area (Å²) in [7, 11) is 0. The largest absolute Gasteiger partial charge is 0.491 e. The number of carbonyl (C=O) groups excluding carboxylic acids is 3. The topological polar surface area (TPSA) is 87.7 Å². The van der Waals surface area contributed by atoms with E-state index in [1.807, 2.05) is 76.2 Å². The van der Waals surface area contributed by atoms with E-state index in [9.17, 15) is 14.4 Å². The fourth-order valence-electron chi connectivity index (χ4n) is 8.05. The zero-order valence-corrected chi connectivity index (χ0v) is 23.2. The van der Waals surface area contributed by atoms with Crippen LogP contribution in [0.5, 0.6) is 5.75 Å². The lowest BCUT2D eigenvalue weighted by Crippen LogP contribution is -2.62. The summed E-state index contributed by atoms with van der Waals surface area (Å²) in [6.07, 6.45) is 1.60. The zero-order chi connectivity index (χ0) is 28.0. The minimum Gasteiger partial charge on any atom is -0.491 e. The van der Waals surface area contributed by atoms with Crippen molar-refractivity contribution in [2.24, 2.45) is 5.92 Å². The maximum absolute atomic E-state index is 14.7. The Kier molecular flexibility index (Phi) is 5.33. The highest BCUT2D eigenvalue weighted by atomic mass is 16.5. The third-order valence-electron chi connectivity index (χ3n) is 9.60. The second-order valence-corrected chi connectivity index (χ2v) is 11.8. The first-order valence-electron chi connectivity index (χ1n) is 14.1. The Morgan fingerprint density at radius 3 is 2.45 bits per heavy atom. The Morgan fingerprint density at radius 1 is 0.950 bits per heavy atom. The molecule has 4 heterocycles. The number of nitrogens with zero attached hydrogens (tertiary/aromatic N) is 1. The van der Waals surface area contributed by atoms with Crippen LogP contribution in [0.1, 0.15) is 59.3 Å². The molecule has 2 N–H and O–H groups in total. The molecule has 0 bridgehead atoms. The lowest BCUT2D eigenvalue weighted by molar-refractivity contribution is -0.137. The smallest absolute Gasteiger partial charge is 0.251 e. The van der Waals surface area contributed by atoms with Gasteiger partial charge in [0.05, 0.1) is 12.0 Å². The van der Waals surface area contributed by atoms with Gasteiger partial charge in [-0.05, 0) is 94.1 Å². The number of nitrogens with one attached hydrogen (secondary N) is 2. The van der Waals surface area contributed by atoms with Crippen LogP contribution in [0.25, 0.3) is 0 Å². The number of Topliss-reactive ketones (excluding diaryl/α,β-unsaturated/α-hetero) is 1. The molecule has 204 valence electrons. The number of amides is 2. The maximum Gasteiger partial charge on any atom is 0.251 e. The normalized spacial score (nSPS) is 28.1. The summed E-state index contributed by atoms with van der Waals surface area (Å²) >= 11 is 0. The number of aryl methyl sites for hydroxylation is 1. The van der Waals surface area contributed by atoms with Crippen molar-refractivity contribution in [3.05, 3.63) is 88.5 Å². The van der Waals surface area contributed by atoms with Crippen molar-refractivity contribution in [1.82, 2.24) is 4.90 Å². The highest BCUT2D eigenvalue weighted by Gasteiger charge is 2.81. The zero-order valence-electron chi connectivity index (χ0n) is 23.2. The molecule has 0 radical (unpaired) electrons. The van der Waals surface area contributed by atoms with Crippen molar-refractivity contribution in [3.8, 4) is 5.75 Å². The molecule has 7 rings (SSSR count). The van der Waals surface area contributed by atoms with E-state index in [1.165, 1.54) is 0 Å². The van der Waals surface area contributed by atoms with Gasteiger partial charge in [-0.1, -0.05) is 30.3 Å². The van der Waals surface area contributed by atoms with Crippen LogP contribution < -0.4 is 15.4 Å². The molecule has 7 heteroatoms. The monoisotopic (exact) mass is 535 g/mol. The average molecular weight is 536 g/mol. The molecule has 4 aliphatic rings. The number of rotatable bonds is 4. The van der Waals surface area contributed by atoms with Crippen LogP contribution in [-0.4, -0.2) is 41.2 Å². The van der Waals surface area contributed by atoms with E-state index in [-0.39, 0.29) is 29.7 Å². The lowest BCUT2D eigenvalue weighted by atomic mass is 9.57. The Morgan fingerprint density at radius 2 is 1.70 bits per heavy atom.